The summed E-state index contributed by atoms with van der Waals surface area (Å²) >= 11 is 0. The van der Waals surface area contributed by atoms with Gasteiger partial charge in [-0.1, -0.05) is 0 Å². The number of hydrogen-bond acceptors (Lipinski definition) is 1. The maximum atomic E-state index is 12.9. The summed E-state index contributed by atoms with van der Waals surface area (Å²) < 4.78 is 12.9. The highest BCUT2D eigenvalue weighted by atomic mass is 19.1. The fraction of sp³-hybridized carbons (Fsp3) is 0.125. The van der Waals surface area contributed by atoms with E-state index in [2.05, 4.69) is 9.97 Å². The van der Waals surface area contributed by atoms with Crippen LogP contribution in [-0.4, -0.2) is 9.97 Å². The van der Waals surface area contributed by atoms with E-state index in [1.807, 2.05) is 6.92 Å². The molecule has 0 fully saturated rings. The van der Waals surface area contributed by atoms with Crippen LogP contribution in [0.25, 0.3) is 10.9 Å². The molecule has 56 valence electrons. The minimum Gasteiger partial charge on any atom is -0.357 e. The van der Waals surface area contributed by atoms with Gasteiger partial charge >= 0.3 is 0 Å². The highest BCUT2D eigenvalue weighted by molar-refractivity contribution is 5.79. The number of hydrogen-bond donors (Lipinski definition) is 1. The number of rotatable bonds is 0. The van der Waals surface area contributed by atoms with E-state index < -0.39 is 0 Å². The Labute approximate surface area is 63.1 Å². The zero-order valence-electron chi connectivity index (χ0n) is 6.06. The van der Waals surface area contributed by atoms with Crippen molar-refractivity contribution in [3.05, 3.63) is 30.0 Å². The molecule has 0 amide bonds. The molecule has 0 atom stereocenters. The Morgan fingerprint density at radius 2 is 2.36 bits per heavy atom. The Morgan fingerprint density at radius 3 is 3.18 bits per heavy atom. The Hall–Kier alpha value is -1.38. The second kappa shape index (κ2) is 2.05. The predicted octanol–water partition coefficient (Wildman–Crippen LogP) is 2.01. The molecule has 0 unspecified atom stereocenters. The Kier molecular flexibility index (Phi) is 1.18. The number of aromatic amines is 1. The summed E-state index contributed by atoms with van der Waals surface area (Å²) in [6, 6.07) is 1.72. The first-order valence-corrected chi connectivity index (χ1v) is 3.36. The minimum absolute atomic E-state index is 0.217. The quantitative estimate of drug-likeness (QED) is 0.611. The number of nitrogens with one attached hydrogen (secondary N) is 1. The highest BCUT2D eigenvalue weighted by Crippen LogP contribution is 2.15. The number of aromatic nitrogens is 2. The fourth-order valence-corrected chi connectivity index (χ4v) is 1.09. The number of pyridine rings is 1. The fourth-order valence-electron chi connectivity index (χ4n) is 1.09. The van der Waals surface area contributed by atoms with Gasteiger partial charge in [-0.25, -0.2) is 4.39 Å². The Bertz CT molecular complexity index is 392. The Morgan fingerprint density at radius 1 is 1.55 bits per heavy atom. The van der Waals surface area contributed by atoms with E-state index >= 15 is 0 Å². The first-order chi connectivity index (χ1) is 5.27. The maximum Gasteiger partial charge on any atom is 0.148 e. The molecule has 0 aliphatic rings. The van der Waals surface area contributed by atoms with Crippen LogP contribution in [0.2, 0.25) is 0 Å². The number of aryl methyl sites for hydroxylation is 1. The summed E-state index contributed by atoms with van der Waals surface area (Å²) in [4.78, 5) is 6.80. The van der Waals surface area contributed by atoms with Crippen LogP contribution in [0.4, 0.5) is 4.39 Å². The standard InChI is InChI=1S/C8H7FN2/c1-5-2-6-7(9)3-11-8(6)4-10-5/h2-4,11H,1H3. The lowest BCUT2D eigenvalue weighted by Crippen LogP contribution is -1.79. The van der Waals surface area contributed by atoms with E-state index in [0.717, 1.165) is 11.2 Å². The third-order valence-corrected chi connectivity index (χ3v) is 1.65. The van der Waals surface area contributed by atoms with Crippen molar-refractivity contribution in [1.29, 1.82) is 0 Å². The first kappa shape index (κ1) is 6.34. The number of nitrogens with zero attached hydrogens (tertiary/aromatic N) is 1. The average Bonchev–Trinajstić information content (AvgIpc) is 2.33. The van der Waals surface area contributed by atoms with Gasteiger partial charge in [0.15, 0.2) is 0 Å². The summed E-state index contributed by atoms with van der Waals surface area (Å²) in [7, 11) is 0. The summed E-state index contributed by atoms with van der Waals surface area (Å²) in [5.74, 6) is -0.217. The molecule has 0 aliphatic heterocycles. The van der Waals surface area contributed by atoms with Crippen LogP contribution in [-0.2, 0) is 0 Å². The zero-order chi connectivity index (χ0) is 7.84. The van der Waals surface area contributed by atoms with Crippen molar-refractivity contribution in [2.24, 2.45) is 0 Å². The summed E-state index contributed by atoms with van der Waals surface area (Å²) in [5, 5.41) is 0.609. The van der Waals surface area contributed by atoms with E-state index in [1.165, 1.54) is 6.20 Å². The molecule has 11 heavy (non-hydrogen) atoms. The van der Waals surface area contributed by atoms with Crippen LogP contribution >= 0.6 is 0 Å². The molecular weight excluding hydrogens is 143 g/mol. The van der Waals surface area contributed by atoms with Gasteiger partial charge in [0.25, 0.3) is 0 Å². The zero-order valence-corrected chi connectivity index (χ0v) is 6.06. The summed E-state index contributed by atoms with van der Waals surface area (Å²) in [6.07, 6.45) is 2.97. The molecule has 2 rings (SSSR count). The third-order valence-electron chi connectivity index (χ3n) is 1.65. The largest absolute Gasteiger partial charge is 0.357 e. The molecular formula is C8H7FN2. The normalized spacial score (nSPS) is 10.7. The van der Waals surface area contributed by atoms with Crippen molar-refractivity contribution in [3.8, 4) is 0 Å². The average molecular weight is 150 g/mol. The van der Waals surface area contributed by atoms with Gasteiger partial charge in [0, 0.05) is 17.3 Å². The molecule has 0 saturated heterocycles. The van der Waals surface area contributed by atoms with E-state index in [1.54, 1.807) is 12.3 Å². The first-order valence-electron chi connectivity index (χ1n) is 3.36. The SMILES string of the molecule is Cc1cc2c(F)c[nH]c2cn1. The highest BCUT2D eigenvalue weighted by Gasteiger charge is 2.01. The number of halogens is 1. The molecule has 0 radical (unpaired) electrons. The van der Waals surface area contributed by atoms with Crippen molar-refractivity contribution in [1.82, 2.24) is 9.97 Å². The van der Waals surface area contributed by atoms with E-state index in [0.29, 0.717) is 5.39 Å². The molecule has 0 bridgehead atoms. The lowest BCUT2D eigenvalue weighted by atomic mass is 10.3. The maximum absolute atomic E-state index is 12.9. The van der Waals surface area contributed by atoms with Gasteiger partial charge in [0.05, 0.1) is 11.7 Å². The minimum atomic E-state index is -0.217. The van der Waals surface area contributed by atoms with Gasteiger partial charge in [-0.15, -0.1) is 0 Å². The molecule has 0 spiro atoms. The van der Waals surface area contributed by atoms with Gasteiger partial charge in [-0.2, -0.15) is 0 Å². The van der Waals surface area contributed by atoms with Crippen molar-refractivity contribution < 1.29 is 4.39 Å². The summed E-state index contributed by atoms with van der Waals surface area (Å²) in [5.41, 5.74) is 1.57. The molecule has 3 heteroatoms. The van der Waals surface area contributed by atoms with Crippen molar-refractivity contribution >= 4 is 10.9 Å². The number of fused-ring (bicyclic) bond motifs is 1. The topological polar surface area (TPSA) is 28.7 Å². The lowest BCUT2D eigenvalue weighted by molar-refractivity contribution is 0.639. The molecule has 2 heterocycles. The molecule has 0 aromatic carbocycles. The van der Waals surface area contributed by atoms with Crippen molar-refractivity contribution in [2.75, 3.05) is 0 Å². The smallest absolute Gasteiger partial charge is 0.148 e. The van der Waals surface area contributed by atoms with E-state index in [4.69, 9.17) is 0 Å². The predicted molar refractivity (Wildman–Crippen MR) is 40.8 cm³/mol. The third kappa shape index (κ3) is 0.888. The molecule has 0 saturated carbocycles. The van der Waals surface area contributed by atoms with E-state index in [-0.39, 0.29) is 5.82 Å². The molecule has 2 aromatic heterocycles. The second-order valence-corrected chi connectivity index (χ2v) is 2.51. The van der Waals surface area contributed by atoms with Crippen LogP contribution in [0.15, 0.2) is 18.5 Å². The van der Waals surface area contributed by atoms with Crippen LogP contribution in [0.3, 0.4) is 0 Å². The molecule has 1 N–H and O–H groups in total. The number of H-pyrrole nitrogens is 1. The van der Waals surface area contributed by atoms with Crippen molar-refractivity contribution in [3.63, 3.8) is 0 Å². The summed E-state index contributed by atoms with van der Waals surface area (Å²) in [6.45, 7) is 1.84. The van der Waals surface area contributed by atoms with Gasteiger partial charge in [0.1, 0.15) is 5.82 Å². The van der Waals surface area contributed by atoms with E-state index in [9.17, 15) is 4.39 Å². The monoisotopic (exact) mass is 150 g/mol. The van der Waals surface area contributed by atoms with Gasteiger partial charge in [-0.3, -0.25) is 4.98 Å². The van der Waals surface area contributed by atoms with Crippen LogP contribution in [0.1, 0.15) is 5.69 Å². The second-order valence-electron chi connectivity index (χ2n) is 2.51. The van der Waals surface area contributed by atoms with Gasteiger partial charge < -0.3 is 4.98 Å². The Balaban J connectivity index is 2.87. The van der Waals surface area contributed by atoms with Gasteiger partial charge in [-0.05, 0) is 13.0 Å². The van der Waals surface area contributed by atoms with Crippen LogP contribution in [0.5, 0.6) is 0 Å². The van der Waals surface area contributed by atoms with Gasteiger partial charge in [0.2, 0.25) is 0 Å². The van der Waals surface area contributed by atoms with Crippen LogP contribution in [0, 0.1) is 12.7 Å². The van der Waals surface area contributed by atoms with Crippen LogP contribution < -0.4 is 0 Å². The molecule has 2 aromatic rings. The molecule has 2 nitrogen and oxygen atoms in total. The molecule has 0 aliphatic carbocycles. The lowest BCUT2D eigenvalue weighted by Gasteiger charge is -1.90. The van der Waals surface area contributed by atoms with Crippen molar-refractivity contribution in [2.45, 2.75) is 6.92 Å².